The molecule has 0 N–H and O–H groups in total. The minimum atomic E-state index is -0.413. The molecule has 1 aromatic heterocycles. The first kappa shape index (κ1) is 12.8. The van der Waals surface area contributed by atoms with E-state index in [4.69, 9.17) is 12.2 Å². The molecule has 0 atom stereocenters. The Morgan fingerprint density at radius 1 is 1.44 bits per heavy atom. The second-order valence-corrected chi connectivity index (χ2v) is 5.12. The van der Waals surface area contributed by atoms with Crippen molar-refractivity contribution in [3.8, 4) is 11.4 Å². The lowest BCUT2D eigenvalue weighted by Crippen LogP contribution is -1.99. The first-order valence-corrected chi connectivity index (χ1v) is 6.63. The van der Waals surface area contributed by atoms with Crippen LogP contribution in [0.5, 0.6) is 0 Å². The molecular weight excluding hydrogens is 270 g/mol. The zero-order valence-corrected chi connectivity index (χ0v) is 11.3. The van der Waals surface area contributed by atoms with Crippen molar-refractivity contribution < 1.29 is 4.92 Å². The summed E-state index contributed by atoms with van der Waals surface area (Å²) < 4.78 is 7.00. The standard InChI is InChI=1S/C11H11N3O2S2/c1-2-7-13-10(12-18-11(13)17)8-3-5-9(6-4-8)14(15)16/h3-6H,2,7H2,1H3. The average molecular weight is 281 g/mol. The van der Waals surface area contributed by atoms with Gasteiger partial charge >= 0.3 is 0 Å². The van der Waals surface area contributed by atoms with E-state index in [9.17, 15) is 10.1 Å². The molecule has 0 aliphatic heterocycles. The summed E-state index contributed by atoms with van der Waals surface area (Å²) in [6.07, 6.45) is 0.965. The second-order valence-electron chi connectivity index (χ2n) is 3.73. The van der Waals surface area contributed by atoms with Gasteiger partial charge in [0.15, 0.2) is 9.78 Å². The van der Waals surface area contributed by atoms with Gasteiger partial charge in [0.2, 0.25) is 0 Å². The Morgan fingerprint density at radius 3 is 2.67 bits per heavy atom. The first-order chi connectivity index (χ1) is 8.63. The largest absolute Gasteiger partial charge is 0.306 e. The molecule has 7 heteroatoms. The second kappa shape index (κ2) is 5.36. The Balaban J connectivity index is 2.42. The predicted octanol–water partition coefficient (Wildman–Crippen LogP) is 3.66. The van der Waals surface area contributed by atoms with Crippen molar-refractivity contribution in [3.63, 3.8) is 0 Å². The summed E-state index contributed by atoms with van der Waals surface area (Å²) in [6, 6.07) is 6.37. The highest BCUT2D eigenvalue weighted by molar-refractivity contribution is 7.73. The highest BCUT2D eigenvalue weighted by Gasteiger charge is 2.10. The lowest BCUT2D eigenvalue weighted by molar-refractivity contribution is -0.384. The Labute approximate surface area is 113 Å². The third-order valence-electron chi connectivity index (χ3n) is 2.47. The van der Waals surface area contributed by atoms with Crippen LogP contribution in [0.1, 0.15) is 13.3 Å². The molecule has 1 heterocycles. The number of benzene rings is 1. The van der Waals surface area contributed by atoms with Crippen LogP contribution in [0.3, 0.4) is 0 Å². The van der Waals surface area contributed by atoms with Crippen molar-refractivity contribution >= 4 is 29.4 Å². The molecule has 0 saturated heterocycles. The molecule has 0 bridgehead atoms. The maximum atomic E-state index is 10.6. The fourth-order valence-electron chi connectivity index (χ4n) is 1.63. The maximum Gasteiger partial charge on any atom is 0.269 e. The Bertz CT molecular complexity index is 616. The monoisotopic (exact) mass is 281 g/mol. The smallest absolute Gasteiger partial charge is 0.269 e. The van der Waals surface area contributed by atoms with E-state index in [1.807, 2.05) is 4.57 Å². The number of nitro groups is 1. The Morgan fingerprint density at radius 2 is 2.11 bits per heavy atom. The lowest BCUT2D eigenvalue weighted by atomic mass is 10.2. The molecule has 0 fully saturated rings. The molecule has 0 saturated carbocycles. The van der Waals surface area contributed by atoms with E-state index in [0.29, 0.717) is 0 Å². The number of nitrogens with zero attached hydrogens (tertiary/aromatic N) is 3. The first-order valence-electron chi connectivity index (χ1n) is 5.45. The van der Waals surface area contributed by atoms with Gasteiger partial charge in [0.1, 0.15) is 0 Å². The maximum absolute atomic E-state index is 10.6. The zero-order valence-electron chi connectivity index (χ0n) is 9.70. The Kier molecular flexibility index (Phi) is 3.83. The summed E-state index contributed by atoms with van der Waals surface area (Å²) >= 11 is 6.49. The van der Waals surface area contributed by atoms with Crippen LogP contribution < -0.4 is 0 Å². The number of rotatable bonds is 4. The minimum Gasteiger partial charge on any atom is -0.306 e. The molecule has 0 radical (unpaired) electrons. The molecule has 2 aromatic rings. The number of nitro benzene ring substituents is 1. The van der Waals surface area contributed by atoms with E-state index < -0.39 is 4.92 Å². The molecular formula is C11H11N3O2S2. The van der Waals surface area contributed by atoms with Crippen molar-refractivity contribution in [1.82, 2.24) is 8.94 Å². The highest BCUT2D eigenvalue weighted by atomic mass is 32.2. The van der Waals surface area contributed by atoms with Crippen molar-refractivity contribution in [2.45, 2.75) is 19.9 Å². The molecule has 0 spiro atoms. The van der Waals surface area contributed by atoms with Gasteiger partial charge in [-0.1, -0.05) is 6.92 Å². The molecule has 18 heavy (non-hydrogen) atoms. The molecule has 94 valence electrons. The fraction of sp³-hybridized carbons (Fsp3) is 0.273. The van der Waals surface area contributed by atoms with Gasteiger partial charge in [-0.3, -0.25) is 10.1 Å². The summed E-state index contributed by atoms with van der Waals surface area (Å²) in [5.74, 6) is 0.779. The SMILES string of the molecule is CCCn1c(-c2ccc([N+](=O)[O-])cc2)nsc1=S. The van der Waals surface area contributed by atoms with Gasteiger partial charge in [0.05, 0.1) is 4.92 Å². The fourth-order valence-corrected chi connectivity index (χ4v) is 2.56. The van der Waals surface area contributed by atoms with E-state index in [1.165, 1.54) is 23.7 Å². The highest BCUT2D eigenvalue weighted by Crippen LogP contribution is 2.23. The molecule has 0 amide bonds. The summed E-state index contributed by atoms with van der Waals surface area (Å²) in [4.78, 5) is 10.2. The van der Waals surface area contributed by atoms with Gasteiger partial charge in [-0.05, 0) is 42.3 Å². The van der Waals surface area contributed by atoms with Crippen LogP contribution in [-0.2, 0) is 6.54 Å². The average Bonchev–Trinajstić information content (AvgIpc) is 2.72. The molecule has 1 aromatic carbocycles. The van der Waals surface area contributed by atoms with Gasteiger partial charge < -0.3 is 4.57 Å². The third kappa shape index (κ3) is 2.46. The molecule has 5 nitrogen and oxygen atoms in total. The molecule has 0 unspecified atom stereocenters. The molecule has 2 rings (SSSR count). The quantitative estimate of drug-likeness (QED) is 0.487. The normalized spacial score (nSPS) is 10.5. The third-order valence-corrected chi connectivity index (χ3v) is 3.55. The van der Waals surface area contributed by atoms with E-state index >= 15 is 0 Å². The van der Waals surface area contributed by atoms with Crippen molar-refractivity contribution in [1.29, 1.82) is 0 Å². The topological polar surface area (TPSA) is 61.0 Å². The van der Waals surface area contributed by atoms with Gasteiger partial charge in [0, 0.05) is 24.2 Å². The van der Waals surface area contributed by atoms with Crippen LogP contribution in [0.4, 0.5) is 5.69 Å². The zero-order chi connectivity index (χ0) is 13.1. The van der Waals surface area contributed by atoms with Gasteiger partial charge in [0.25, 0.3) is 5.69 Å². The Hall–Kier alpha value is -1.60. The van der Waals surface area contributed by atoms with Gasteiger partial charge in [-0.25, -0.2) is 0 Å². The van der Waals surface area contributed by atoms with Crippen molar-refractivity contribution in [3.05, 3.63) is 38.3 Å². The summed E-state index contributed by atoms with van der Waals surface area (Å²) in [7, 11) is 0. The summed E-state index contributed by atoms with van der Waals surface area (Å²) in [6.45, 7) is 2.88. The van der Waals surface area contributed by atoms with Crippen LogP contribution in [0.15, 0.2) is 24.3 Å². The predicted molar refractivity (Wildman–Crippen MR) is 73.3 cm³/mol. The lowest BCUT2D eigenvalue weighted by Gasteiger charge is -2.04. The van der Waals surface area contributed by atoms with Gasteiger partial charge in [-0.15, -0.1) is 0 Å². The van der Waals surface area contributed by atoms with Crippen LogP contribution in [0.25, 0.3) is 11.4 Å². The summed E-state index contributed by atoms with van der Waals surface area (Å²) in [5.41, 5.74) is 0.927. The van der Waals surface area contributed by atoms with Crippen molar-refractivity contribution in [2.75, 3.05) is 0 Å². The van der Waals surface area contributed by atoms with Crippen LogP contribution in [-0.4, -0.2) is 13.9 Å². The number of hydrogen-bond acceptors (Lipinski definition) is 5. The van der Waals surface area contributed by atoms with E-state index in [2.05, 4.69) is 11.3 Å². The molecule has 0 aliphatic carbocycles. The van der Waals surface area contributed by atoms with E-state index in [-0.39, 0.29) is 5.69 Å². The van der Waals surface area contributed by atoms with Gasteiger partial charge in [-0.2, -0.15) is 4.37 Å². The van der Waals surface area contributed by atoms with Crippen LogP contribution in [0, 0.1) is 14.1 Å². The number of hydrogen-bond donors (Lipinski definition) is 0. The number of non-ortho nitro benzene ring substituents is 1. The summed E-state index contributed by atoms with van der Waals surface area (Å²) in [5, 5.41) is 10.6. The minimum absolute atomic E-state index is 0.0784. The van der Waals surface area contributed by atoms with Crippen molar-refractivity contribution in [2.24, 2.45) is 0 Å². The van der Waals surface area contributed by atoms with Crippen LogP contribution in [0.2, 0.25) is 0 Å². The number of aromatic nitrogens is 2. The van der Waals surface area contributed by atoms with Crippen LogP contribution >= 0.6 is 23.8 Å². The van der Waals surface area contributed by atoms with E-state index in [1.54, 1.807) is 12.1 Å². The molecule has 0 aliphatic rings. The van der Waals surface area contributed by atoms with E-state index in [0.717, 1.165) is 28.3 Å².